The van der Waals surface area contributed by atoms with Crippen molar-refractivity contribution in [3.05, 3.63) is 59.7 Å². The van der Waals surface area contributed by atoms with Crippen molar-refractivity contribution in [3.63, 3.8) is 0 Å². The molecule has 0 spiro atoms. The lowest BCUT2D eigenvalue weighted by molar-refractivity contribution is 0.306. The Hall–Kier alpha value is -1.85. The Morgan fingerprint density at radius 1 is 0.952 bits per heavy atom. The van der Waals surface area contributed by atoms with Crippen LogP contribution in [0.25, 0.3) is 0 Å². The first-order chi connectivity index (χ1) is 9.99. The summed E-state index contributed by atoms with van der Waals surface area (Å²) in [5.74, 6) is 0.654. The second kappa shape index (κ2) is 6.74. The van der Waals surface area contributed by atoms with Crippen LogP contribution in [-0.4, -0.2) is 21.7 Å². The summed E-state index contributed by atoms with van der Waals surface area (Å²) in [6, 6.07) is 14.6. The SMILES string of the molecule is CNCc1ccc(COc2ccc(S(C)(=O)=O)cc2)cc1. The van der Waals surface area contributed by atoms with Gasteiger partial charge in [0.05, 0.1) is 4.90 Å². The molecular weight excluding hydrogens is 286 g/mol. The first-order valence-electron chi connectivity index (χ1n) is 6.64. The molecule has 0 unspecified atom stereocenters. The number of hydrogen-bond donors (Lipinski definition) is 1. The van der Waals surface area contributed by atoms with Crippen LogP contribution < -0.4 is 10.1 Å². The largest absolute Gasteiger partial charge is 0.489 e. The zero-order chi connectivity index (χ0) is 15.3. The number of sulfone groups is 1. The zero-order valence-electron chi connectivity index (χ0n) is 12.2. The minimum atomic E-state index is -3.16. The summed E-state index contributed by atoms with van der Waals surface area (Å²) in [4.78, 5) is 0.297. The van der Waals surface area contributed by atoms with Gasteiger partial charge in [-0.2, -0.15) is 0 Å². The molecule has 0 saturated carbocycles. The maximum atomic E-state index is 11.4. The van der Waals surface area contributed by atoms with E-state index in [1.165, 1.54) is 11.8 Å². The van der Waals surface area contributed by atoms with Crippen LogP contribution in [0.5, 0.6) is 5.75 Å². The third-order valence-electron chi connectivity index (χ3n) is 3.06. The summed E-state index contributed by atoms with van der Waals surface area (Å²) in [7, 11) is -1.24. The Kier molecular flexibility index (Phi) is 4.98. The molecule has 4 nitrogen and oxygen atoms in total. The molecule has 0 aliphatic carbocycles. The summed E-state index contributed by atoms with van der Waals surface area (Å²) in [5, 5.41) is 3.10. The van der Waals surface area contributed by atoms with E-state index in [2.05, 4.69) is 17.4 Å². The molecule has 0 aliphatic rings. The van der Waals surface area contributed by atoms with Crippen LogP contribution in [-0.2, 0) is 23.0 Å². The van der Waals surface area contributed by atoms with Gasteiger partial charge in [-0.05, 0) is 42.4 Å². The molecular formula is C16H19NO3S. The highest BCUT2D eigenvalue weighted by Gasteiger charge is 2.06. The lowest BCUT2D eigenvalue weighted by Crippen LogP contribution is -2.05. The van der Waals surface area contributed by atoms with Gasteiger partial charge < -0.3 is 10.1 Å². The Morgan fingerprint density at radius 3 is 2.05 bits per heavy atom. The van der Waals surface area contributed by atoms with E-state index in [1.54, 1.807) is 24.3 Å². The van der Waals surface area contributed by atoms with E-state index in [4.69, 9.17) is 4.74 Å². The van der Waals surface area contributed by atoms with E-state index < -0.39 is 9.84 Å². The Bertz CT molecular complexity index is 676. The van der Waals surface area contributed by atoms with E-state index in [9.17, 15) is 8.42 Å². The molecule has 0 aromatic heterocycles. The molecule has 21 heavy (non-hydrogen) atoms. The van der Waals surface area contributed by atoms with Gasteiger partial charge in [0.2, 0.25) is 0 Å². The number of ether oxygens (including phenoxy) is 1. The lowest BCUT2D eigenvalue weighted by atomic mass is 10.1. The standard InChI is InChI=1S/C16H19NO3S/c1-17-11-13-3-5-14(6-4-13)12-20-15-7-9-16(10-8-15)21(2,18)19/h3-10,17H,11-12H2,1-2H3. The van der Waals surface area contributed by atoms with Gasteiger partial charge >= 0.3 is 0 Å². The first kappa shape index (κ1) is 15.5. The summed E-state index contributed by atoms with van der Waals surface area (Å²) in [6.45, 7) is 1.30. The van der Waals surface area contributed by atoms with Gasteiger partial charge in [0.15, 0.2) is 9.84 Å². The van der Waals surface area contributed by atoms with Crippen LogP contribution in [0.2, 0.25) is 0 Å². The molecule has 2 rings (SSSR count). The maximum Gasteiger partial charge on any atom is 0.175 e. The third-order valence-corrected chi connectivity index (χ3v) is 4.19. The fourth-order valence-electron chi connectivity index (χ4n) is 1.91. The number of benzene rings is 2. The molecule has 5 heteroatoms. The van der Waals surface area contributed by atoms with Crippen molar-refractivity contribution in [1.29, 1.82) is 0 Å². The van der Waals surface area contributed by atoms with Crippen molar-refractivity contribution in [2.45, 2.75) is 18.0 Å². The van der Waals surface area contributed by atoms with Crippen molar-refractivity contribution < 1.29 is 13.2 Å². The third kappa shape index (κ3) is 4.58. The normalized spacial score (nSPS) is 11.3. The Labute approximate surface area is 125 Å². The van der Waals surface area contributed by atoms with Gasteiger partial charge in [-0.15, -0.1) is 0 Å². The van der Waals surface area contributed by atoms with Crippen LogP contribution in [0.4, 0.5) is 0 Å². The van der Waals surface area contributed by atoms with Crippen molar-refractivity contribution in [2.75, 3.05) is 13.3 Å². The molecule has 0 heterocycles. The molecule has 0 radical (unpaired) electrons. The molecule has 0 saturated heterocycles. The van der Waals surface area contributed by atoms with Crippen LogP contribution in [0.1, 0.15) is 11.1 Å². The number of rotatable bonds is 6. The quantitative estimate of drug-likeness (QED) is 0.890. The molecule has 0 amide bonds. The van der Waals surface area contributed by atoms with Gasteiger partial charge in [0, 0.05) is 12.8 Å². The average molecular weight is 305 g/mol. The van der Waals surface area contributed by atoms with Crippen molar-refractivity contribution in [1.82, 2.24) is 5.32 Å². The Morgan fingerprint density at radius 2 is 1.52 bits per heavy atom. The van der Waals surface area contributed by atoms with E-state index >= 15 is 0 Å². The molecule has 0 fully saturated rings. The minimum Gasteiger partial charge on any atom is -0.489 e. The summed E-state index contributed by atoms with van der Waals surface area (Å²) in [5.41, 5.74) is 2.29. The van der Waals surface area contributed by atoms with Gasteiger partial charge in [-0.3, -0.25) is 0 Å². The molecule has 0 bridgehead atoms. The summed E-state index contributed by atoms with van der Waals surface area (Å²) >= 11 is 0. The maximum absolute atomic E-state index is 11.4. The minimum absolute atomic E-state index is 0.297. The monoisotopic (exact) mass is 305 g/mol. The second-order valence-electron chi connectivity index (χ2n) is 4.88. The fraction of sp³-hybridized carbons (Fsp3) is 0.250. The molecule has 2 aromatic rings. The van der Waals surface area contributed by atoms with E-state index in [-0.39, 0.29) is 0 Å². The molecule has 2 aromatic carbocycles. The molecule has 0 atom stereocenters. The lowest BCUT2D eigenvalue weighted by Gasteiger charge is -2.08. The summed E-state index contributed by atoms with van der Waals surface area (Å²) < 4.78 is 28.4. The van der Waals surface area contributed by atoms with E-state index in [0.717, 1.165) is 12.1 Å². The van der Waals surface area contributed by atoms with E-state index in [0.29, 0.717) is 17.3 Å². The van der Waals surface area contributed by atoms with Gasteiger partial charge in [0.1, 0.15) is 12.4 Å². The van der Waals surface area contributed by atoms with Crippen LogP contribution in [0, 0.1) is 0 Å². The molecule has 112 valence electrons. The second-order valence-corrected chi connectivity index (χ2v) is 6.89. The molecule has 0 aliphatic heterocycles. The zero-order valence-corrected chi connectivity index (χ0v) is 13.0. The fourth-order valence-corrected chi connectivity index (χ4v) is 2.54. The summed E-state index contributed by atoms with van der Waals surface area (Å²) in [6.07, 6.45) is 1.19. The average Bonchev–Trinajstić information content (AvgIpc) is 2.46. The van der Waals surface area contributed by atoms with E-state index in [1.807, 2.05) is 19.2 Å². The predicted octanol–water partition coefficient (Wildman–Crippen LogP) is 2.39. The molecule has 1 N–H and O–H groups in total. The number of nitrogens with one attached hydrogen (secondary N) is 1. The van der Waals surface area contributed by atoms with Crippen molar-refractivity contribution >= 4 is 9.84 Å². The van der Waals surface area contributed by atoms with Crippen LogP contribution in [0.15, 0.2) is 53.4 Å². The topological polar surface area (TPSA) is 55.4 Å². The van der Waals surface area contributed by atoms with Gasteiger partial charge in [0.25, 0.3) is 0 Å². The highest BCUT2D eigenvalue weighted by atomic mass is 32.2. The van der Waals surface area contributed by atoms with Gasteiger partial charge in [-0.25, -0.2) is 8.42 Å². The highest BCUT2D eigenvalue weighted by molar-refractivity contribution is 7.90. The highest BCUT2D eigenvalue weighted by Crippen LogP contribution is 2.17. The van der Waals surface area contributed by atoms with Crippen LogP contribution in [0.3, 0.4) is 0 Å². The first-order valence-corrected chi connectivity index (χ1v) is 8.53. The van der Waals surface area contributed by atoms with Crippen molar-refractivity contribution in [3.8, 4) is 5.75 Å². The van der Waals surface area contributed by atoms with Gasteiger partial charge in [-0.1, -0.05) is 24.3 Å². The predicted molar refractivity (Wildman–Crippen MR) is 83.1 cm³/mol. The Balaban J connectivity index is 1.96. The van der Waals surface area contributed by atoms with Crippen molar-refractivity contribution in [2.24, 2.45) is 0 Å². The smallest absolute Gasteiger partial charge is 0.175 e. The van der Waals surface area contributed by atoms with Crippen LogP contribution >= 0.6 is 0 Å². The number of hydrogen-bond acceptors (Lipinski definition) is 4.